The molecule has 84 valence electrons. The van der Waals surface area contributed by atoms with Crippen LogP contribution in [0.1, 0.15) is 5.82 Å². The molecule has 0 saturated heterocycles. The lowest BCUT2D eigenvalue weighted by Crippen LogP contribution is -2.03. The fourth-order valence-electron chi connectivity index (χ4n) is 1.72. The summed E-state index contributed by atoms with van der Waals surface area (Å²) in [6, 6.07) is 0. The molecule has 0 saturated carbocycles. The Morgan fingerprint density at radius 1 is 1.56 bits per heavy atom. The molecule has 5 heteroatoms. The van der Waals surface area contributed by atoms with Crippen LogP contribution in [0.3, 0.4) is 0 Å². The van der Waals surface area contributed by atoms with Gasteiger partial charge in [0.15, 0.2) is 0 Å². The monoisotopic (exact) mass is 217 g/mol. The highest BCUT2D eigenvalue weighted by Gasteiger charge is 2.14. The number of nitrogen functional groups attached to an aromatic ring is 1. The molecule has 0 spiro atoms. The van der Waals surface area contributed by atoms with E-state index in [1.807, 2.05) is 23.1 Å². The van der Waals surface area contributed by atoms with Gasteiger partial charge in [0.05, 0.1) is 18.2 Å². The maximum atomic E-state index is 6.06. The molecule has 2 heterocycles. The summed E-state index contributed by atoms with van der Waals surface area (Å²) in [5, 5.41) is 0. The van der Waals surface area contributed by atoms with Crippen LogP contribution >= 0.6 is 0 Å². The topological polar surface area (TPSA) is 61.7 Å². The molecule has 0 atom stereocenters. The molecule has 0 radical (unpaired) electrons. The summed E-state index contributed by atoms with van der Waals surface area (Å²) >= 11 is 0. The highest BCUT2D eigenvalue weighted by Crippen LogP contribution is 2.25. The second-order valence-corrected chi connectivity index (χ2v) is 3.68. The molecule has 0 fully saturated rings. The molecule has 16 heavy (non-hydrogen) atoms. The standard InChI is InChI=1S/C11H15N5/c1-4-5-16-8(2)14-10(11(16)12)9-6-13-7-15(9)3/h4,6-7H,1,5,12H2,2-3H3. The predicted molar refractivity (Wildman–Crippen MR) is 63.8 cm³/mol. The van der Waals surface area contributed by atoms with Gasteiger partial charge in [-0.1, -0.05) is 6.08 Å². The van der Waals surface area contributed by atoms with Crippen molar-refractivity contribution in [2.24, 2.45) is 7.05 Å². The summed E-state index contributed by atoms with van der Waals surface area (Å²) in [5.41, 5.74) is 7.76. The third-order valence-corrected chi connectivity index (χ3v) is 2.57. The van der Waals surface area contributed by atoms with Gasteiger partial charge in [-0.15, -0.1) is 6.58 Å². The first kappa shape index (κ1) is 10.5. The van der Waals surface area contributed by atoms with Gasteiger partial charge in [-0.3, -0.25) is 0 Å². The third kappa shape index (κ3) is 1.50. The summed E-state index contributed by atoms with van der Waals surface area (Å²) in [6.45, 7) is 6.31. The molecule has 0 unspecified atom stereocenters. The van der Waals surface area contributed by atoms with Crippen LogP contribution in [-0.2, 0) is 13.6 Å². The van der Waals surface area contributed by atoms with Crippen molar-refractivity contribution in [2.75, 3.05) is 5.73 Å². The molecule has 0 aromatic carbocycles. The Labute approximate surface area is 94.2 Å². The number of anilines is 1. The van der Waals surface area contributed by atoms with Crippen LogP contribution in [0, 0.1) is 6.92 Å². The number of hydrogen-bond acceptors (Lipinski definition) is 3. The second kappa shape index (κ2) is 3.84. The van der Waals surface area contributed by atoms with Crippen molar-refractivity contribution in [3.8, 4) is 11.4 Å². The molecular formula is C11H15N5. The lowest BCUT2D eigenvalue weighted by atomic mass is 10.3. The van der Waals surface area contributed by atoms with E-state index in [4.69, 9.17) is 5.73 Å². The summed E-state index contributed by atoms with van der Waals surface area (Å²) in [4.78, 5) is 8.52. The van der Waals surface area contributed by atoms with Gasteiger partial charge < -0.3 is 14.9 Å². The zero-order valence-corrected chi connectivity index (χ0v) is 9.51. The third-order valence-electron chi connectivity index (χ3n) is 2.57. The van der Waals surface area contributed by atoms with Crippen molar-refractivity contribution < 1.29 is 0 Å². The van der Waals surface area contributed by atoms with Gasteiger partial charge in [0.2, 0.25) is 0 Å². The fourth-order valence-corrected chi connectivity index (χ4v) is 1.72. The largest absolute Gasteiger partial charge is 0.383 e. The van der Waals surface area contributed by atoms with E-state index in [9.17, 15) is 0 Å². The van der Waals surface area contributed by atoms with Crippen molar-refractivity contribution in [1.82, 2.24) is 19.1 Å². The van der Waals surface area contributed by atoms with Crippen LogP contribution in [-0.4, -0.2) is 19.1 Å². The molecule has 2 aromatic heterocycles. The Balaban J connectivity index is 2.55. The maximum absolute atomic E-state index is 6.06. The first-order chi connectivity index (χ1) is 7.65. The average Bonchev–Trinajstić information content (AvgIpc) is 2.77. The molecule has 0 aliphatic rings. The minimum Gasteiger partial charge on any atom is -0.383 e. The minimum absolute atomic E-state index is 0.654. The highest BCUT2D eigenvalue weighted by molar-refractivity contribution is 5.67. The van der Waals surface area contributed by atoms with Gasteiger partial charge >= 0.3 is 0 Å². The number of nitrogens with two attached hydrogens (primary N) is 1. The Bertz CT molecular complexity index is 520. The second-order valence-electron chi connectivity index (χ2n) is 3.68. The molecule has 0 bridgehead atoms. The van der Waals surface area contributed by atoms with E-state index in [1.165, 1.54) is 0 Å². The van der Waals surface area contributed by atoms with E-state index in [0.717, 1.165) is 17.2 Å². The number of aryl methyl sites for hydroxylation is 2. The zero-order valence-electron chi connectivity index (χ0n) is 9.51. The predicted octanol–water partition coefficient (Wildman–Crippen LogP) is 1.36. The average molecular weight is 217 g/mol. The fraction of sp³-hybridized carbons (Fsp3) is 0.273. The molecule has 0 amide bonds. The molecule has 0 aliphatic carbocycles. The number of nitrogens with zero attached hydrogens (tertiary/aromatic N) is 4. The smallest absolute Gasteiger partial charge is 0.133 e. The zero-order chi connectivity index (χ0) is 11.7. The van der Waals surface area contributed by atoms with Crippen molar-refractivity contribution in [2.45, 2.75) is 13.5 Å². The van der Waals surface area contributed by atoms with E-state index >= 15 is 0 Å². The van der Waals surface area contributed by atoms with Crippen molar-refractivity contribution in [1.29, 1.82) is 0 Å². The molecule has 2 N–H and O–H groups in total. The Morgan fingerprint density at radius 2 is 2.31 bits per heavy atom. The lowest BCUT2D eigenvalue weighted by Gasteiger charge is -2.04. The SMILES string of the molecule is C=CCn1c(C)nc(-c2cncn2C)c1N. The number of rotatable bonds is 3. The molecule has 2 aromatic rings. The quantitative estimate of drug-likeness (QED) is 0.790. The molecule has 5 nitrogen and oxygen atoms in total. The summed E-state index contributed by atoms with van der Waals surface area (Å²) in [7, 11) is 1.92. The van der Waals surface area contributed by atoms with Crippen LogP contribution in [0.25, 0.3) is 11.4 Å². The van der Waals surface area contributed by atoms with E-state index < -0.39 is 0 Å². The van der Waals surface area contributed by atoms with E-state index in [0.29, 0.717) is 12.4 Å². The molecule has 0 aliphatic heterocycles. The summed E-state index contributed by atoms with van der Waals surface area (Å²) in [6.07, 6.45) is 5.30. The van der Waals surface area contributed by atoms with Gasteiger partial charge in [0.1, 0.15) is 17.3 Å². The summed E-state index contributed by atoms with van der Waals surface area (Å²) < 4.78 is 3.83. The van der Waals surface area contributed by atoms with E-state index in [2.05, 4.69) is 16.5 Å². The molecule has 2 rings (SSSR count). The van der Waals surface area contributed by atoms with Gasteiger partial charge in [0, 0.05) is 13.6 Å². The van der Waals surface area contributed by atoms with Crippen molar-refractivity contribution >= 4 is 5.82 Å². The van der Waals surface area contributed by atoms with Crippen LogP contribution in [0.4, 0.5) is 5.82 Å². The first-order valence-corrected chi connectivity index (χ1v) is 5.05. The van der Waals surface area contributed by atoms with Gasteiger partial charge in [0.25, 0.3) is 0 Å². The number of imidazole rings is 2. The Hall–Kier alpha value is -2.04. The minimum atomic E-state index is 0.654. The van der Waals surface area contributed by atoms with Gasteiger partial charge in [-0.05, 0) is 6.92 Å². The van der Waals surface area contributed by atoms with E-state index in [-0.39, 0.29) is 0 Å². The highest BCUT2D eigenvalue weighted by atomic mass is 15.2. The van der Waals surface area contributed by atoms with E-state index in [1.54, 1.807) is 18.6 Å². The maximum Gasteiger partial charge on any atom is 0.133 e. The van der Waals surface area contributed by atoms with Gasteiger partial charge in [-0.2, -0.15) is 0 Å². The first-order valence-electron chi connectivity index (χ1n) is 5.05. The van der Waals surface area contributed by atoms with Crippen LogP contribution in [0.5, 0.6) is 0 Å². The Morgan fingerprint density at radius 3 is 2.88 bits per heavy atom. The molecular weight excluding hydrogens is 202 g/mol. The lowest BCUT2D eigenvalue weighted by molar-refractivity contribution is 0.792. The van der Waals surface area contributed by atoms with Crippen LogP contribution in [0.2, 0.25) is 0 Å². The van der Waals surface area contributed by atoms with Gasteiger partial charge in [-0.25, -0.2) is 9.97 Å². The van der Waals surface area contributed by atoms with Crippen molar-refractivity contribution in [3.63, 3.8) is 0 Å². The van der Waals surface area contributed by atoms with Crippen molar-refractivity contribution in [3.05, 3.63) is 31.0 Å². The Kier molecular flexibility index (Phi) is 2.52. The number of hydrogen-bond donors (Lipinski definition) is 1. The summed E-state index contributed by atoms with van der Waals surface area (Å²) in [5.74, 6) is 1.54. The van der Waals surface area contributed by atoms with Crippen LogP contribution < -0.4 is 5.73 Å². The number of aromatic nitrogens is 4. The normalized spacial score (nSPS) is 10.6. The number of allylic oxidation sites excluding steroid dienone is 1. The van der Waals surface area contributed by atoms with Crippen LogP contribution in [0.15, 0.2) is 25.2 Å².